The number of rotatable bonds is 42. The van der Waals surface area contributed by atoms with E-state index in [4.69, 9.17) is 0 Å². The van der Waals surface area contributed by atoms with Crippen LogP contribution in [0.4, 0.5) is 0 Å². The number of hydrogen-bond donors (Lipinski definition) is 4. The molecule has 53 heavy (non-hydrogen) atoms. The van der Waals surface area contributed by atoms with Crippen LogP contribution in [0.15, 0.2) is 36.5 Å². The highest BCUT2D eigenvalue weighted by atomic mass is 16.3. The van der Waals surface area contributed by atoms with Gasteiger partial charge in [0.05, 0.1) is 18.8 Å². The van der Waals surface area contributed by atoms with Gasteiger partial charge in [-0.2, -0.15) is 0 Å². The van der Waals surface area contributed by atoms with Gasteiger partial charge in [-0.15, -0.1) is 0 Å². The van der Waals surface area contributed by atoms with E-state index < -0.39 is 24.2 Å². The maximum absolute atomic E-state index is 12.5. The summed E-state index contributed by atoms with van der Waals surface area (Å²) in [5, 5.41) is 33.2. The molecule has 0 saturated heterocycles. The standard InChI is InChI=1S/C48H91NO4/c1-3-5-7-9-11-13-15-17-19-21-22-23-24-25-27-29-31-33-35-37-39-41-43-47(52)48(53)49-45(44-50)46(51)42-40-38-36-34-32-30-28-26-20-18-16-14-12-10-8-6-4-2/h22-23,25,27,40,42,45-47,50-52H,3-21,24,26,28-39,41,43-44H2,1-2H3,(H,49,53)/b23-22-,27-25-,42-40+. The maximum atomic E-state index is 12.5. The maximum Gasteiger partial charge on any atom is 0.249 e. The molecule has 312 valence electrons. The van der Waals surface area contributed by atoms with Crippen LogP contribution in [-0.2, 0) is 4.79 Å². The van der Waals surface area contributed by atoms with Crippen LogP contribution in [0.25, 0.3) is 0 Å². The number of aliphatic hydroxyl groups excluding tert-OH is 3. The topological polar surface area (TPSA) is 89.8 Å². The van der Waals surface area contributed by atoms with Crippen LogP contribution in [0.1, 0.15) is 239 Å². The Morgan fingerprint density at radius 1 is 0.472 bits per heavy atom. The van der Waals surface area contributed by atoms with Gasteiger partial charge in [0.2, 0.25) is 5.91 Å². The molecule has 3 atom stereocenters. The summed E-state index contributed by atoms with van der Waals surface area (Å²) in [7, 11) is 0. The lowest BCUT2D eigenvalue weighted by Crippen LogP contribution is -2.48. The van der Waals surface area contributed by atoms with Gasteiger partial charge in [-0.05, 0) is 51.4 Å². The molecule has 0 spiro atoms. The van der Waals surface area contributed by atoms with Gasteiger partial charge in [0.1, 0.15) is 6.10 Å². The summed E-state index contributed by atoms with van der Waals surface area (Å²) in [6, 6.07) is -0.802. The predicted octanol–water partition coefficient (Wildman–Crippen LogP) is 13.5. The van der Waals surface area contributed by atoms with Gasteiger partial charge in [0.15, 0.2) is 0 Å². The summed E-state index contributed by atoms with van der Waals surface area (Å²) in [6.07, 6.45) is 54.6. The molecular formula is C48H91NO4. The van der Waals surface area contributed by atoms with Crippen molar-refractivity contribution >= 4 is 5.91 Å². The fourth-order valence-electron chi connectivity index (χ4n) is 7.04. The van der Waals surface area contributed by atoms with Gasteiger partial charge in [-0.3, -0.25) is 4.79 Å². The highest BCUT2D eigenvalue weighted by Crippen LogP contribution is 2.15. The zero-order chi connectivity index (χ0) is 38.7. The quantitative estimate of drug-likeness (QED) is 0.0370. The van der Waals surface area contributed by atoms with Crippen LogP contribution in [0, 0.1) is 0 Å². The first-order valence-electron chi connectivity index (χ1n) is 23.3. The molecule has 1 amide bonds. The van der Waals surface area contributed by atoms with Crippen LogP contribution in [0.5, 0.6) is 0 Å². The molecule has 0 heterocycles. The van der Waals surface area contributed by atoms with E-state index >= 15 is 0 Å². The summed E-state index contributed by atoms with van der Waals surface area (Å²) in [5.74, 6) is -0.510. The van der Waals surface area contributed by atoms with E-state index in [0.717, 1.165) is 44.9 Å². The van der Waals surface area contributed by atoms with Gasteiger partial charge in [0.25, 0.3) is 0 Å². The Morgan fingerprint density at radius 3 is 1.19 bits per heavy atom. The molecule has 0 rings (SSSR count). The minimum Gasteiger partial charge on any atom is -0.394 e. The zero-order valence-corrected chi connectivity index (χ0v) is 35.4. The third-order valence-electron chi connectivity index (χ3n) is 10.7. The molecular weight excluding hydrogens is 655 g/mol. The molecule has 0 aromatic rings. The van der Waals surface area contributed by atoms with Crippen molar-refractivity contribution in [3.05, 3.63) is 36.5 Å². The lowest BCUT2D eigenvalue weighted by molar-refractivity contribution is -0.131. The first-order valence-corrected chi connectivity index (χ1v) is 23.3. The fourth-order valence-corrected chi connectivity index (χ4v) is 7.04. The summed E-state index contributed by atoms with van der Waals surface area (Å²) >= 11 is 0. The van der Waals surface area contributed by atoms with Crippen LogP contribution < -0.4 is 5.32 Å². The molecule has 0 saturated carbocycles. The number of unbranched alkanes of at least 4 members (excludes halogenated alkanes) is 30. The van der Waals surface area contributed by atoms with Crippen molar-refractivity contribution in [3.8, 4) is 0 Å². The molecule has 0 radical (unpaired) electrons. The van der Waals surface area contributed by atoms with Crippen LogP contribution >= 0.6 is 0 Å². The lowest BCUT2D eigenvalue weighted by Gasteiger charge is -2.21. The zero-order valence-electron chi connectivity index (χ0n) is 35.4. The third kappa shape index (κ3) is 38.6. The van der Waals surface area contributed by atoms with Crippen molar-refractivity contribution in [1.82, 2.24) is 5.32 Å². The van der Waals surface area contributed by atoms with Gasteiger partial charge in [0, 0.05) is 0 Å². The Balaban J connectivity index is 3.68. The first kappa shape index (κ1) is 51.6. The van der Waals surface area contributed by atoms with Gasteiger partial charge < -0.3 is 20.6 Å². The second-order valence-electron chi connectivity index (χ2n) is 16.0. The number of hydrogen-bond acceptors (Lipinski definition) is 4. The average Bonchev–Trinajstić information content (AvgIpc) is 3.16. The Labute approximate surface area is 330 Å². The molecule has 4 N–H and O–H groups in total. The molecule has 0 aromatic carbocycles. The molecule has 0 bridgehead atoms. The van der Waals surface area contributed by atoms with Gasteiger partial charge in [-0.1, -0.05) is 224 Å². The van der Waals surface area contributed by atoms with E-state index in [2.05, 4.69) is 43.5 Å². The largest absolute Gasteiger partial charge is 0.394 e. The molecule has 0 aliphatic rings. The van der Waals surface area contributed by atoms with Crippen molar-refractivity contribution in [1.29, 1.82) is 0 Å². The summed E-state index contributed by atoms with van der Waals surface area (Å²) < 4.78 is 0. The molecule has 0 aliphatic carbocycles. The number of allylic oxidation sites excluding steroid dienone is 5. The van der Waals surface area contributed by atoms with E-state index in [0.29, 0.717) is 6.42 Å². The van der Waals surface area contributed by atoms with E-state index in [-0.39, 0.29) is 6.61 Å². The van der Waals surface area contributed by atoms with Crippen LogP contribution in [-0.4, -0.2) is 46.1 Å². The van der Waals surface area contributed by atoms with Crippen molar-refractivity contribution in [2.45, 2.75) is 257 Å². The Bertz CT molecular complexity index is 824. The number of aliphatic hydroxyl groups is 3. The highest BCUT2D eigenvalue weighted by Gasteiger charge is 2.22. The van der Waals surface area contributed by atoms with E-state index in [1.165, 1.54) is 173 Å². The van der Waals surface area contributed by atoms with Crippen molar-refractivity contribution in [2.75, 3.05) is 6.61 Å². The molecule has 5 nitrogen and oxygen atoms in total. The van der Waals surface area contributed by atoms with E-state index in [9.17, 15) is 20.1 Å². The van der Waals surface area contributed by atoms with Crippen LogP contribution in [0.2, 0.25) is 0 Å². The smallest absolute Gasteiger partial charge is 0.249 e. The van der Waals surface area contributed by atoms with Gasteiger partial charge >= 0.3 is 0 Å². The first-order chi connectivity index (χ1) is 26.1. The normalized spacial score (nSPS) is 13.8. The fraction of sp³-hybridized carbons (Fsp3) is 0.854. The van der Waals surface area contributed by atoms with E-state index in [1.54, 1.807) is 6.08 Å². The van der Waals surface area contributed by atoms with Crippen molar-refractivity contribution in [3.63, 3.8) is 0 Å². The molecule has 3 unspecified atom stereocenters. The minimum atomic E-state index is -1.11. The highest BCUT2D eigenvalue weighted by molar-refractivity contribution is 5.80. The van der Waals surface area contributed by atoms with Crippen LogP contribution in [0.3, 0.4) is 0 Å². The van der Waals surface area contributed by atoms with Gasteiger partial charge in [-0.25, -0.2) is 0 Å². The summed E-state index contributed by atoms with van der Waals surface area (Å²) in [4.78, 5) is 12.5. The summed E-state index contributed by atoms with van der Waals surface area (Å²) in [6.45, 7) is 4.19. The Hall–Kier alpha value is -1.43. The molecule has 0 aliphatic heterocycles. The Morgan fingerprint density at radius 2 is 0.811 bits per heavy atom. The monoisotopic (exact) mass is 746 g/mol. The second-order valence-corrected chi connectivity index (χ2v) is 16.0. The number of amides is 1. The minimum absolute atomic E-state index is 0.367. The van der Waals surface area contributed by atoms with Crippen molar-refractivity contribution in [2.24, 2.45) is 0 Å². The number of carbonyl (C=O) groups is 1. The van der Waals surface area contributed by atoms with Crippen molar-refractivity contribution < 1.29 is 20.1 Å². The Kier molecular flexibility index (Phi) is 42.1. The average molecular weight is 746 g/mol. The molecule has 0 fully saturated rings. The third-order valence-corrected chi connectivity index (χ3v) is 10.7. The second kappa shape index (κ2) is 43.3. The SMILES string of the molecule is CCCCCCCCCCC/C=C\C/C=C\CCCCCCCCC(O)C(=O)NC(CO)C(O)/C=C/CCCCCCCCCCCCCCCCC. The summed E-state index contributed by atoms with van der Waals surface area (Å²) in [5.41, 5.74) is 0. The number of carbonyl (C=O) groups excluding carboxylic acids is 1. The van der Waals surface area contributed by atoms with E-state index in [1.807, 2.05) is 6.08 Å². The predicted molar refractivity (Wildman–Crippen MR) is 231 cm³/mol. The number of nitrogens with one attached hydrogen (secondary N) is 1. The lowest BCUT2D eigenvalue weighted by atomic mass is 10.0. The molecule has 5 heteroatoms. The molecule has 0 aromatic heterocycles.